The van der Waals surface area contributed by atoms with Crippen LogP contribution >= 0.6 is 11.6 Å². The molecule has 1 aromatic carbocycles. The van der Waals surface area contributed by atoms with E-state index in [2.05, 4.69) is 10.2 Å². The van der Waals surface area contributed by atoms with Gasteiger partial charge in [0, 0.05) is 32.9 Å². The lowest BCUT2D eigenvalue weighted by Gasteiger charge is -2.36. The second-order valence-electron chi connectivity index (χ2n) is 15.3. The monoisotopic (exact) mass is 773 g/mol. The van der Waals surface area contributed by atoms with E-state index < -0.39 is 48.0 Å². The van der Waals surface area contributed by atoms with Gasteiger partial charge in [-0.2, -0.15) is 0 Å². The summed E-state index contributed by atoms with van der Waals surface area (Å²) in [5, 5.41) is 12.4. The normalized spacial score (nSPS) is 31.3. The van der Waals surface area contributed by atoms with Crippen LogP contribution in [-0.2, 0) is 39.8 Å². The van der Waals surface area contributed by atoms with Crippen LogP contribution in [0.15, 0.2) is 35.9 Å². The molecule has 4 bridgehead atoms. The molecule has 4 aliphatic heterocycles. The maximum atomic E-state index is 14.1. The highest BCUT2D eigenvalue weighted by Gasteiger charge is 2.63. The number of nitrogens with one attached hydrogen (secondary N) is 1. The number of carbonyl (C=O) groups excluding carboxylic acids is 3. The quantitative estimate of drug-likeness (QED) is 0.171. The lowest BCUT2D eigenvalue weighted by Crippen LogP contribution is -2.53. The Balaban J connectivity index is 1.34. The number of alkyl carbamates (subject to hydrolysis) is 1. The van der Waals surface area contributed by atoms with E-state index in [-0.39, 0.29) is 41.6 Å². The number of nitrogens with zero attached hydrogens (tertiary/aromatic N) is 2. The molecule has 1 aromatic rings. The Labute approximate surface area is 323 Å². The molecule has 0 saturated carbocycles. The molecule has 13 nitrogen and oxygen atoms in total. The van der Waals surface area contributed by atoms with Crippen molar-refractivity contribution in [2.45, 2.75) is 115 Å². The summed E-state index contributed by atoms with van der Waals surface area (Å²) in [6.07, 6.45) is 7.55. The average Bonchev–Trinajstić information content (AvgIpc) is 3.84. The summed E-state index contributed by atoms with van der Waals surface area (Å²) in [5.41, 5.74) is 1.36. The zero-order chi connectivity index (χ0) is 39.2. The van der Waals surface area contributed by atoms with Gasteiger partial charge in [0.25, 0.3) is 0 Å². The van der Waals surface area contributed by atoms with Crippen molar-refractivity contribution in [3.63, 3.8) is 0 Å². The van der Waals surface area contributed by atoms with Gasteiger partial charge in [-0.25, -0.2) is 4.79 Å². The summed E-state index contributed by atoms with van der Waals surface area (Å²) in [4.78, 5) is 55.3. The van der Waals surface area contributed by atoms with Crippen molar-refractivity contribution < 1.29 is 48.0 Å². The number of fused-ring (bicyclic) bond motifs is 5. The first-order chi connectivity index (χ1) is 25.7. The lowest BCUT2D eigenvalue weighted by molar-refractivity contribution is -0.154. The van der Waals surface area contributed by atoms with Crippen LogP contribution in [0.5, 0.6) is 5.75 Å². The minimum atomic E-state index is -1.02. The van der Waals surface area contributed by atoms with E-state index in [9.17, 15) is 24.3 Å². The highest BCUT2D eigenvalue weighted by atomic mass is 35.5. The Bertz CT molecular complexity index is 1590. The van der Waals surface area contributed by atoms with E-state index in [0.717, 1.165) is 43.6 Å². The van der Waals surface area contributed by atoms with Crippen molar-refractivity contribution in [3.8, 4) is 5.75 Å². The van der Waals surface area contributed by atoms with E-state index >= 15 is 0 Å². The predicted molar refractivity (Wildman–Crippen MR) is 203 cm³/mol. The topological polar surface area (TPSA) is 156 Å². The Morgan fingerprint density at radius 2 is 1.87 bits per heavy atom. The number of unbranched alkanes of at least 4 members (excludes halogenated alkanes) is 2. The molecule has 5 rings (SSSR count). The number of benzene rings is 1. The molecule has 3 saturated heterocycles. The van der Waals surface area contributed by atoms with Gasteiger partial charge in [-0.3, -0.25) is 14.4 Å². The number of carbonyl (C=O) groups is 4. The van der Waals surface area contributed by atoms with E-state index in [4.69, 9.17) is 35.3 Å². The Morgan fingerprint density at radius 3 is 2.56 bits per heavy atom. The zero-order valence-corrected chi connectivity index (χ0v) is 33.1. The summed E-state index contributed by atoms with van der Waals surface area (Å²) in [6.45, 7) is 8.16. The van der Waals surface area contributed by atoms with Crippen molar-refractivity contribution in [2.75, 3.05) is 45.8 Å². The molecular weight excluding hydrogens is 718 g/mol. The van der Waals surface area contributed by atoms with Crippen molar-refractivity contribution >= 4 is 41.2 Å². The van der Waals surface area contributed by atoms with Gasteiger partial charge in [-0.15, -0.1) is 0 Å². The molecule has 4 heterocycles. The first kappa shape index (κ1) is 41.5. The molecule has 0 unspecified atom stereocenters. The number of methoxy groups -OCH3 is 2. The number of halogens is 1. The Hall–Kier alpha value is -3.65. The number of amides is 2. The van der Waals surface area contributed by atoms with Crippen LogP contribution in [-0.4, -0.2) is 111 Å². The number of anilines is 1. The van der Waals surface area contributed by atoms with E-state index in [1.165, 1.54) is 12.0 Å². The molecule has 2 amide bonds. The highest BCUT2D eigenvalue weighted by molar-refractivity contribution is 6.35. The number of likely N-dealkylation sites (tertiary alicyclic amines) is 1. The second kappa shape index (κ2) is 18.3. The molecule has 2 N–H and O–H groups in total. The van der Waals surface area contributed by atoms with Gasteiger partial charge in [0.05, 0.1) is 43.4 Å². The number of hydrogen-bond donors (Lipinski definition) is 2. The van der Waals surface area contributed by atoms with Gasteiger partial charge in [0.1, 0.15) is 28.6 Å². The fourth-order valence-corrected chi connectivity index (χ4v) is 8.27. The molecule has 0 aliphatic carbocycles. The van der Waals surface area contributed by atoms with E-state index in [1.54, 1.807) is 14.2 Å². The van der Waals surface area contributed by atoms with Gasteiger partial charge >= 0.3 is 18.0 Å². The molecule has 298 valence electrons. The molecule has 4 aliphatic rings. The number of rotatable bonds is 10. The number of allylic oxidation sites excluding steroid dienone is 3. The highest BCUT2D eigenvalue weighted by Crippen LogP contribution is 2.49. The minimum Gasteiger partial charge on any atom is -0.495 e. The van der Waals surface area contributed by atoms with Crippen molar-refractivity contribution in [3.05, 3.63) is 46.5 Å². The summed E-state index contributed by atoms with van der Waals surface area (Å²) in [6, 6.07) is 3.35. The SMILES string of the molecule is COc1cc2cc(c1Cl)N(C)C(=O)C[C@H](OC(=O)CCCCCN1CCC(C(=O)O)CC1)[C@]1(C)O[C@H]1[C@H](C)[C@@H]1C[C@@H](NC(=O)O1)[C@H](OC)/C=C/C=C(\C)C2. The van der Waals surface area contributed by atoms with Crippen molar-refractivity contribution in [1.29, 1.82) is 0 Å². The van der Waals surface area contributed by atoms with E-state index in [0.29, 0.717) is 43.5 Å². The van der Waals surface area contributed by atoms with Gasteiger partial charge in [-0.05, 0) is 83.3 Å². The number of carboxylic acids is 1. The van der Waals surface area contributed by atoms with Gasteiger partial charge in [-0.1, -0.05) is 48.7 Å². The van der Waals surface area contributed by atoms with Crippen LogP contribution in [0.4, 0.5) is 10.5 Å². The lowest BCUT2D eigenvalue weighted by atomic mass is 9.84. The second-order valence-corrected chi connectivity index (χ2v) is 15.7. The van der Waals surface area contributed by atoms with Gasteiger partial charge < -0.3 is 43.9 Å². The van der Waals surface area contributed by atoms with Crippen LogP contribution in [0.2, 0.25) is 5.02 Å². The number of piperidine rings is 1. The molecule has 0 spiro atoms. The average molecular weight is 774 g/mol. The summed E-state index contributed by atoms with van der Waals surface area (Å²) in [7, 11) is 4.77. The van der Waals surface area contributed by atoms with Crippen LogP contribution in [0.1, 0.15) is 77.7 Å². The Kier molecular flexibility index (Phi) is 14.1. The number of aliphatic carboxylic acids is 1. The van der Waals surface area contributed by atoms with Crippen LogP contribution in [0.25, 0.3) is 0 Å². The van der Waals surface area contributed by atoms with Gasteiger partial charge in [0.15, 0.2) is 0 Å². The minimum absolute atomic E-state index is 0.166. The maximum Gasteiger partial charge on any atom is 0.407 e. The largest absolute Gasteiger partial charge is 0.495 e. The molecule has 3 fully saturated rings. The molecule has 0 radical (unpaired) electrons. The van der Waals surface area contributed by atoms with Crippen molar-refractivity contribution in [2.24, 2.45) is 11.8 Å². The first-order valence-electron chi connectivity index (χ1n) is 19.0. The number of epoxide rings is 1. The third-order valence-corrected chi connectivity index (χ3v) is 11.8. The predicted octanol–water partition coefficient (Wildman–Crippen LogP) is 5.70. The molecule has 14 heteroatoms. The van der Waals surface area contributed by atoms with Gasteiger partial charge in [0.2, 0.25) is 5.91 Å². The molecular formula is C40H56ClN3O10. The van der Waals surface area contributed by atoms with Crippen molar-refractivity contribution in [1.82, 2.24) is 10.2 Å². The first-order valence-corrected chi connectivity index (χ1v) is 19.4. The smallest absolute Gasteiger partial charge is 0.407 e. The summed E-state index contributed by atoms with van der Waals surface area (Å²) < 4.78 is 29.6. The number of hydrogen-bond acceptors (Lipinski definition) is 10. The van der Waals surface area contributed by atoms with Crippen LogP contribution < -0.4 is 15.0 Å². The Morgan fingerprint density at radius 1 is 1.13 bits per heavy atom. The third kappa shape index (κ3) is 10.1. The molecule has 0 aromatic heterocycles. The number of ether oxygens (including phenoxy) is 5. The number of esters is 1. The number of carboxylic acid groups (broad SMARTS) is 1. The molecule has 7 atom stereocenters. The summed E-state index contributed by atoms with van der Waals surface area (Å²) >= 11 is 6.78. The fourth-order valence-electron chi connectivity index (χ4n) is 7.96. The summed E-state index contributed by atoms with van der Waals surface area (Å²) in [5.74, 6) is -1.60. The fraction of sp³-hybridized carbons (Fsp3) is 0.650. The third-order valence-electron chi connectivity index (χ3n) is 11.4. The van der Waals surface area contributed by atoms with Crippen LogP contribution in [0.3, 0.4) is 0 Å². The maximum absolute atomic E-state index is 14.1. The van der Waals surface area contributed by atoms with Crippen LogP contribution in [0, 0.1) is 11.8 Å². The molecule has 54 heavy (non-hydrogen) atoms. The zero-order valence-electron chi connectivity index (χ0n) is 32.3. The van der Waals surface area contributed by atoms with E-state index in [1.807, 2.05) is 51.1 Å². The standard InChI is InChI=1S/C40H56ClN3O10/c1-24-11-10-12-30(50-5)28-22-31(52-39(49)42-28)25(2)37-40(3,54-37)33(23-34(45)43(4)29-20-26(19-24)21-32(51-6)36(29)41)53-35(46)13-8-7-9-16-44-17-14-27(15-18-44)38(47)48/h10-12,20-21,25,27-28,30-31,33,37H,7-9,13-19,22-23H2,1-6H3,(H,42,49)(H,47,48)/b12-10+,24-11+/t25-,28-,30-,31+,33+,37+,40+/m1/s1.